The van der Waals surface area contributed by atoms with Crippen molar-refractivity contribution in [3.05, 3.63) is 35.5 Å². The first-order valence-corrected chi connectivity index (χ1v) is 5.25. The summed E-state index contributed by atoms with van der Waals surface area (Å²) in [6.07, 6.45) is 1.86. The molecule has 2 rings (SSSR count). The van der Waals surface area contributed by atoms with Crippen molar-refractivity contribution in [2.24, 2.45) is 11.5 Å². The summed E-state index contributed by atoms with van der Waals surface area (Å²) in [7, 11) is 0. The maximum atomic E-state index is 10.9. The highest BCUT2D eigenvalue weighted by atomic mass is 35.5. The van der Waals surface area contributed by atoms with Gasteiger partial charge >= 0.3 is 0 Å². The summed E-state index contributed by atoms with van der Waals surface area (Å²) < 4.78 is 1.87. The molecular formula is C11H12ClN3O. The lowest BCUT2D eigenvalue weighted by Gasteiger charge is -2.10. The van der Waals surface area contributed by atoms with Crippen molar-refractivity contribution in [3.63, 3.8) is 0 Å². The van der Waals surface area contributed by atoms with E-state index in [2.05, 4.69) is 0 Å². The van der Waals surface area contributed by atoms with Crippen LogP contribution in [0.4, 0.5) is 0 Å². The molecule has 1 amide bonds. The average Bonchev–Trinajstić information content (AvgIpc) is 2.61. The molecule has 4 nitrogen and oxygen atoms in total. The number of nitrogens with zero attached hydrogens (tertiary/aromatic N) is 1. The summed E-state index contributed by atoms with van der Waals surface area (Å²) in [5, 5.41) is 1.71. The third-order valence-electron chi connectivity index (χ3n) is 2.49. The molecule has 0 saturated carbocycles. The maximum absolute atomic E-state index is 10.9. The fraction of sp³-hybridized carbons (Fsp3) is 0.182. The Morgan fingerprint density at radius 3 is 2.88 bits per heavy atom. The number of hydrogen-bond donors (Lipinski definition) is 2. The standard InChI is InChI=1S/C11H12ClN3O/c12-8-2-1-7-3-4-15(10(7)5-8)6-9(13)11(14)16/h1-5,9H,6,13H2,(H2,14,16). The summed E-state index contributed by atoms with van der Waals surface area (Å²) in [5.41, 5.74) is 11.7. The number of halogens is 1. The van der Waals surface area contributed by atoms with Crippen LogP contribution in [0.3, 0.4) is 0 Å². The Morgan fingerprint density at radius 2 is 2.19 bits per heavy atom. The van der Waals surface area contributed by atoms with Crippen molar-refractivity contribution in [1.82, 2.24) is 4.57 Å². The number of aromatic nitrogens is 1. The van der Waals surface area contributed by atoms with E-state index in [1.165, 1.54) is 0 Å². The van der Waals surface area contributed by atoms with Crippen molar-refractivity contribution < 1.29 is 4.79 Å². The van der Waals surface area contributed by atoms with Gasteiger partial charge in [-0.3, -0.25) is 4.79 Å². The van der Waals surface area contributed by atoms with Crippen LogP contribution < -0.4 is 11.5 Å². The van der Waals surface area contributed by atoms with Crippen LogP contribution in [0, 0.1) is 0 Å². The van der Waals surface area contributed by atoms with Gasteiger partial charge in [0.2, 0.25) is 5.91 Å². The van der Waals surface area contributed by atoms with E-state index in [1.807, 2.05) is 35.0 Å². The zero-order valence-electron chi connectivity index (χ0n) is 8.56. The molecule has 0 radical (unpaired) electrons. The van der Waals surface area contributed by atoms with Crippen LogP contribution in [0.25, 0.3) is 10.9 Å². The number of benzene rings is 1. The Morgan fingerprint density at radius 1 is 1.44 bits per heavy atom. The molecule has 0 aliphatic heterocycles. The molecule has 4 N–H and O–H groups in total. The van der Waals surface area contributed by atoms with Gasteiger partial charge in [0.1, 0.15) is 6.04 Å². The summed E-state index contributed by atoms with van der Waals surface area (Å²) in [4.78, 5) is 10.9. The minimum Gasteiger partial charge on any atom is -0.368 e. The van der Waals surface area contributed by atoms with Gasteiger partial charge in [-0.15, -0.1) is 0 Å². The van der Waals surface area contributed by atoms with Crippen molar-refractivity contribution in [1.29, 1.82) is 0 Å². The molecular weight excluding hydrogens is 226 g/mol. The second-order valence-electron chi connectivity index (χ2n) is 3.68. The Bertz CT molecular complexity index is 535. The van der Waals surface area contributed by atoms with Gasteiger partial charge in [-0.2, -0.15) is 0 Å². The van der Waals surface area contributed by atoms with Crippen molar-refractivity contribution >= 4 is 28.4 Å². The van der Waals surface area contributed by atoms with Gasteiger partial charge < -0.3 is 16.0 Å². The molecule has 0 aliphatic rings. The topological polar surface area (TPSA) is 74.0 Å². The first-order chi connectivity index (χ1) is 7.58. The Hall–Kier alpha value is -1.52. The summed E-state index contributed by atoms with van der Waals surface area (Å²) in [5.74, 6) is -0.510. The predicted molar refractivity (Wildman–Crippen MR) is 64.1 cm³/mol. The van der Waals surface area contributed by atoms with E-state index in [-0.39, 0.29) is 0 Å². The van der Waals surface area contributed by atoms with Gasteiger partial charge in [0, 0.05) is 23.3 Å². The lowest BCUT2D eigenvalue weighted by atomic mass is 10.2. The van der Waals surface area contributed by atoms with Crippen molar-refractivity contribution in [2.45, 2.75) is 12.6 Å². The van der Waals surface area contributed by atoms with E-state index < -0.39 is 11.9 Å². The Kier molecular flexibility index (Phi) is 2.85. The minimum atomic E-state index is -0.686. The van der Waals surface area contributed by atoms with Gasteiger partial charge in [0.15, 0.2) is 0 Å². The predicted octanol–water partition coefficient (Wildman–Crippen LogP) is 1.11. The molecule has 2 aromatic rings. The van der Waals surface area contributed by atoms with Gasteiger partial charge in [-0.1, -0.05) is 17.7 Å². The molecule has 5 heteroatoms. The number of hydrogen-bond acceptors (Lipinski definition) is 2. The lowest BCUT2D eigenvalue weighted by Crippen LogP contribution is -2.39. The second-order valence-corrected chi connectivity index (χ2v) is 4.12. The third kappa shape index (κ3) is 2.03. The van der Waals surface area contributed by atoms with E-state index in [1.54, 1.807) is 0 Å². The van der Waals surface area contributed by atoms with Gasteiger partial charge in [0.05, 0.1) is 0 Å². The average molecular weight is 238 g/mol. The molecule has 1 unspecified atom stereocenters. The number of nitrogens with two attached hydrogens (primary N) is 2. The lowest BCUT2D eigenvalue weighted by molar-refractivity contribution is -0.119. The van der Waals surface area contributed by atoms with Crippen LogP contribution in [-0.2, 0) is 11.3 Å². The number of rotatable bonds is 3. The fourth-order valence-electron chi connectivity index (χ4n) is 1.62. The molecule has 1 atom stereocenters. The molecule has 0 aliphatic carbocycles. The van der Waals surface area contributed by atoms with E-state index in [9.17, 15) is 4.79 Å². The highest BCUT2D eigenvalue weighted by Crippen LogP contribution is 2.20. The van der Waals surface area contributed by atoms with E-state index >= 15 is 0 Å². The summed E-state index contributed by atoms with van der Waals surface area (Å²) >= 11 is 5.91. The molecule has 84 valence electrons. The molecule has 0 saturated heterocycles. The quantitative estimate of drug-likeness (QED) is 0.839. The number of primary amides is 1. The highest BCUT2D eigenvalue weighted by Gasteiger charge is 2.11. The van der Waals surface area contributed by atoms with Crippen LogP contribution >= 0.6 is 11.6 Å². The third-order valence-corrected chi connectivity index (χ3v) is 2.73. The maximum Gasteiger partial charge on any atom is 0.236 e. The Balaban J connectivity index is 2.37. The first-order valence-electron chi connectivity index (χ1n) is 4.87. The highest BCUT2D eigenvalue weighted by molar-refractivity contribution is 6.31. The van der Waals surface area contributed by atoms with Crippen LogP contribution in [0.5, 0.6) is 0 Å². The number of fused-ring (bicyclic) bond motifs is 1. The van der Waals surface area contributed by atoms with Crippen molar-refractivity contribution in [3.8, 4) is 0 Å². The van der Waals surface area contributed by atoms with Crippen molar-refractivity contribution in [2.75, 3.05) is 0 Å². The Labute approximate surface area is 97.8 Å². The SMILES string of the molecule is NC(=O)C(N)Cn1ccc2ccc(Cl)cc21. The number of amides is 1. The molecule has 0 bridgehead atoms. The van der Waals surface area contributed by atoms with Gasteiger partial charge in [0.25, 0.3) is 0 Å². The normalized spacial score (nSPS) is 12.9. The number of carbonyl (C=O) groups excluding carboxylic acids is 1. The van der Waals surface area contributed by atoms with Crippen LogP contribution in [-0.4, -0.2) is 16.5 Å². The van der Waals surface area contributed by atoms with Crippen LogP contribution in [0.1, 0.15) is 0 Å². The summed E-state index contributed by atoms with van der Waals surface area (Å²) in [6, 6.07) is 6.84. The molecule has 1 heterocycles. The molecule has 0 spiro atoms. The van der Waals surface area contributed by atoms with E-state index in [0.29, 0.717) is 11.6 Å². The van der Waals surface area contributed by atoms with Crippen LogP contribution in [0.15, 0.2) is 30.5 Å². The molecule has 1 aromatic heterocycles. The van der Waals surface area contributed by atoms with Gasteiger partial charge in [-0.25, -0.2) is 0 Å². The first kappa shape index (κ1) is 11.0. The van der Waals surface area contributed by atoms with E-state index in [4.69, 9.17) is 23.1 Å². The molecule has 0 fully saturated rings. The second kappa shape index (κ2) is 4.15. The molecule has 16 heavy (non-hydrogen) atoms. The number of carbonyl (C=O) groups is 1. The monoisotopic (exact) mass is 237 g/mol. The fourth-order valence-corrected chi connectivity index (χ4v) is 1.78. The zero-order chi connectivity index (χ0) is 11.7. The summed E-state index contributed by atoms with van der Waals surface area (Å²) in [6.45, 7) is 0.360. The largest absolute Gasteiger partial charge is 0.368 e. The van der Waals surface area contributed by atoms with Gasteiger partial charge in [-0.05, 0) is 23.6 Å². The van der Waals surface area contributed by atoms with E-state index in [0.717, 1.165) is 10.9 Å². The molecule has 1 aromatic carbocycles. The van der Waals surface area contributed by atoms with Crippen LogP contribution in [0.2, 0.25) is 5.02 Å². The smallest absolute Gasteiger partial charge is 0.236 e. The minimum absolute atomic E-state index is 0.360. The zero-order valence-corrected chi connectivity index (χ0v) is 9.32.